The Morgan fingerprint density at radius 2 is 1.78 bits per heavy atom. The van der Waals surface area contributed by atoms with E-state index in [1.165, 1.54) is 37.4 Å². The lowest BCUT2D eigenvalue weighted by Gasteiger charge is -2.29. The molecule has 0 spiro atoms. The maximum atomic E-state index is 13.6. The van der Waals surface area contributed by atoms with Crippen LogP contribution in [0.5, 0.6) is 5.75 Å². The Bertz CT molecular complexity index is 1160. The average molecular weight is 508 g/mol. The molecule has 3 rings (SSSR count). The number of rotatable bonds is 9. The second-order valence-corrected chi connectivity index (χ2v) is 9.38. The highest BCUT2D eigenvalue weighted by Gasteiger charge is 2.33. The Morgan fingerprint density at radius 1 is 1.11 bits per heavy atom. The van der Waals surface area contributed by atoms with Crippen LogP contribution in [0.15, 0.2) is 47.6 Å². The SMILES string of the molecule is COc1cc(F)ccc1/C(C)=N/N(CC(=O)NC(C)(C)c1cccc(C(F)(F)F)c1)C(=O)CC1CC1. The van der Waals surface area contributed by atoms with Crippen molar-refractivity contribution in [2.24, 2.45) is 11.0 Å². The van der Waals surface area contributed by atoms with Gasteiger partial charge in [0, 0.05) is 18.1 Å². The van der Waals surface area contributed by atoms with Crippen LogP contribution in [0.4, 0.5) is 17.6 Å². The van der Waals surface area contributed by atoms with E-state index in [0.29, 0.717) is 11.3 Å². The van der Waals surface area contributed by atoms with E-state index in [4.69, 9.17) is 4.74 Å². The Labute approximate surface area is 207 Å². The summed E-state index contributed by atoms with van der Waals surface area (Å²) in [7, 11) is 1.38. The topological polar surface area (TPSA) is 71.0 Å². The number of hydrogen-bond acceptors (Lipinski definition) is 4. The summed E-state index contributed by atoms with van der Waals surface area (Å²) in [6, 6.07) is 8.61. The number of hydrazone groups is 1. The molecule has 10 heteroatoms. The first kappa shape index (κ1) is 27.2. The van der Waals surface area contributed by atoms with Crippen molar-refractivity contribution in [2.75, 3.05) is 13.7 Å². The van der Waals surface area contributed by atoms with Gasteiger partial charge in [-0.25, -0.2) is 9.40 Å². The molecule has 0 aromatic heterocycles. The molecule has 2 aromatic rings. The van der Waals surface area contributed by atoms with E-state index in [1.807, 2.05) is 0 Å². The van der Waals surface area contributed by atoms with Crippen LogP contribution in [0.3, 0.4) is 0 Å². The standard InChI is InChI=1S/C26H29F4N3O3/c1-16(21-11-10-20(27)14-22(21)36-4)32-33(24(35)12-17-8-9-17)15-23(34)31-25(2,3)18-6-5-7-19(13-18)26(28,29)30/h5-7,10-11,13-14,17H,8-9,12,15H2,1-4H3,(H,31,34)/b32-16+. The molecule has 2 aromatic carbocycles. The van der Waals surface area contributed by atoms with Crippen molar-refractivity contribution >= 4 is 17.5 Å². The van der Waals surface area contributed by atoms with Crippen LogP contribution < -0.4 is 10.1 Å². The molecule has 1 aliphatic rings. The molecule has 1 aliphatic carbocycles. The fraction of sp³-hybridized carbons (Fsp3) is 0.423. The molecule has 1 saturated carbocycles. The number of carbonyl (C=O) groups is 2. The summed E-state index contributed by atoms with van der Waals surface area (Å²) in [5, 5.41) is 8.10. The van der Waals surface area contributed by atoms with Crippen molar-refractivity contribution in [2.45, 2.75) is 51.7 Å². The van der Waals surface area contributed by atoms with Crippen LogP contribution in [0.1, 0.15) is 56.7 Å². The molecule has 0 unspecified atom stereocenters. The monoisotopic (exact) mass is 507 g/mol. The molecule has 6 nitrogen and oxygen atoms in total. The summed E-state index contributed by atoms with van der Waals surface area (Å²) in [6.45, 7) is 4.33. The number of benzene rings is 2. The van der Waals surface area contributed by atoms with E-state index in [-0.39, 0.29) is 29.6 Å². The first-order valence-electron chi connectivity index (χ1n) is 11.5. The van der Waals surface area contributed by atoms with Gasteiger partial charge >= 0.3 is 6.18 Å². The zero-order valence-corrected chi connectivity index (χ0v) is 20.6. The minimum Gasteiger partial charge on any atom is -0.496 e. The smallest absolute Gasteiger partial charge is 0.416 e. The van der Waals surface area contributed by atoms with Gasteiger partial charge < -0.3 is 10.1 Å². The molecule has 0 atom stereocenters. The molecule has 0 bridgehead atoms. The number of amides is 2. The van der Waals surface area contributed by atoms with Crippen LogP contribution >= 0.6 is 0 Å². The molecule has 2 amide bonds. The van der Waals surface area contributed by atoms with Crippen molar-refractivity contribution in [3.63, 3.8) is 0 Å². The number of nitrogens with zero attached hydrogens (tertiary/aromatic N) is 2. The minimum absolute atomic E-state index is 0.223. The molecule has 0 radical (unpaired) electrons. The third-order valence-corrected chi connectivity index (χ3v) is 5.93. The summed E-state index contributed by atoms with van der Waals surface area (Å²) in [4.78, 5) is 25.9. The molecule has 36 heavy (non-hydrogen) atoms. The maximum Gasteiger partial charge on any atom is 0.416 e. The summed E-state index contributed by atoms with van der Waals surface area (Å²) >= 11 is 0. The number of alkyl halides is 3. The van der Waals surface area contributed by atoms with Gasteiger partial charge in [0.25, 0.3) is 0 Å². The van der Waals surface area contributed by atoms with E-state index in [1.54, 1.807) is 20.8 Å². The van der Waals surface area contributed by atoms with Gasteiger partial charge in [-0.1, -0.05) is 12.1 Å². The highest BCUT2D eigenvalue weighted by atomic mass is 19.4. The van der Waals surface area contributed by atoms with Crippen LogP contribution in [0.25, 0.3) is 0 Å². The third-order valence-electron chi connectivity index (χ3n) is 5.93. The Kier molecular flexibility index (Phi) is 8.05. The number of hydrogen-bond donors (Lipinski definition) is 1. The van der Waals surface area contributed by atoms with E-state index in [9.17, 15) is 27.2 Å². The van der Waals surface area contributed by atoms with Gasteiger partial charge in [-0.2, -0.15) is 18.3 Å². The molecule has 1 fully saturated rings. The van der Waals surface area contributed by atoms with Crippen LogP contribution in [-0.2, 0) is 21.3 Å². The quantitative estimate of drug-likeness (QED) is 0.286. The Morgan fingerprint density at radius 3 is 2.39 bits per heavy atom. The molecular weight excluding hydrogens is 478 g/mol. The number of halogens is 4. The molecule has 0 saturated heterocycles. The van der Waals surface area contributed by atoms with Gasteiger partial charge in [0.2, 0.25) is 11.8 Å². The number of carbonyl (C=O) groups excluding carboxylic acids is 2. The molecule has 0 heterocycles. The van der Waals surface area contributed by atoms with E-state index in [0.717, 1.165) is 30.0 Å². The van der Waals surface area contributed by atoms with E-state index >= 15 is 0 Å². The fourth-order valence-corrected chi connectivity index (χ4v) is 3.73. The molecular formula is C26H29F4N3O3. The van der Waals surface area contributed by atoms with Crippen molar-refractivity contribution in [3.05, 3.63) is 65.0 Å². The van der Waals surface area contributed by atoms with Crippen molar-refractivity contribution in [3.8, 4) is 5.75 Å². The summed E-state index contributed by atoms with van der Waals surface area (Å²) in [5.41, 5.74) is -0.925. The number of methoxy groups -OCH3 is 1. The van der Waals surface area contributed by atoms with Gasteiger partial charge in [-0.05, 0) is 69.4 Å². The lowest BCUT2D eigenvalue weighted by molar-refractivity contribution is -0.138. The second kappa shape index (κ2) is 10.7. The lowest BCUT2D eigenvalue weighted by atomic mass is 9.92. The highest BCUT2D eigenvalue weighted by molar-refractivity contribution is 6.01. The maximum absolute atomic E-state index is 13.6. The van der Waals surface area contributed by atoms with Crippen molar-refractivity contribution in [1.29, 1.82) is 0 Å². The molecule has 194 valence electrons. The average Bonchev–Trinajstić information content (AvgIpc) is 3.61. The van der Waals surface area contributed by atoms with Crippen LogP contribution in [0.2, 0.25) is 0 Å². The second-order valence-electron chi connectivity index (χ2n) is 9.38. The summed E-state index contributed by atoms with van der Waals surface area (Å²) in [5.74, 6) is -0.989. The summed E-state index contributed by atoms with van der Waals surface area (Å²) < 4.78 is 58.3. The number of nitrogens with one attached hydrogen (secondary N) is 1. The summed E-state index contributed by atoms with van der Waals surface area (Å²) in [6.07, 6.45) is -2.46. The van der Waals surface area contributed by atoms with Gasteiger partial charge in [-0.3, -0.25) is 9.59 Å². The van der Waals surface area contributed by atoms with Gasteiger partial charge in [-0.15, -0.1) is 0 Å². The zero-order chi connectivity index (χ0) is 26.7. The zero-order valence-electron chi connectivity index (χ0n) is 20.6. The first-order chi connectivity index (χ1) is 16.8. The van der Waals surface area contributed by atoms with E-state index in [2.05, 4.69) is 10.4 Å². The van der Waals surface area contributed by atoms with E-state index < -0.39 is 35.5 Å². The lowest BCUT2D eigenvalue weighted by Crippen LogP contribution is -2.46. The predicted octanol–water partition coefficient (Wildman–Crippen LogP) is 5.26. The third kappa shape index (κ3) is 7.05. The van der Waals surface area contributed by atoms with Gasteiger partial charge in [0.15, 0.2) is 0 Å². The predicted molar refractivity (Wildman–Crippen MR) is 127 cm³/mol. The Hall–Kier alpha value is -3.43. The number of ether oxygens (including phenoxy) is 1. The highest BCUT2D eigenvalue weighted by Crippen LogP contribution is 2.33. The first-order valence-corrected chi connectivity index (χ1v) is 11.5. The van der Waals surface area contributed by atoms with Crippen molar-refractivity contribution < 1.29 is 31.9 Å². The van der Waals surface area contributed by atoms with Gasteiger partial charge in [0.05, 0.1) is 23.9 Å². The molecule has 0 aliphatic heterocycles. The fourth-order valence-electron chi connectivity index (χ4n) is 3.73. The van der Waals surface area contributed by atoms with Crippen LogP contribution in [-0.4, -0.2) is 36.2 Å². The van der Waals surface area contributed by atoms with Gasteiger partial charge in [0.1, 0.15) is 18.1 Å². The Balaban J connectivity index is 1.82. The van der Waals surface area contributed by atoms with Crippen molar-refractivity contribution in [1.82, 2.24) is 10.3 Å². The minimum atomic E-state index is -4.52. The largest absolute Gasteiger partial charge is 0.496 e. The normalized spacial score (nSPS) is 14.4. The van der Waals surface area contributed by atoms with Crippen LogP contribution in [0, 0.1) is 11.7 Å². The molecule has 1 N–H and O–H groups in total.